The van der Waals surface area contributed by atoms with E-state index in [0.29, 0.717) is 12.5 Å². The summed E-state index contributed by atoms with van der Waals surface area (Å²) >= 11 is 0. The monoisotopic (exact) mass is 271 g/mol. The van der Waals surface area contributed by atoms with Crippen LogP contribution in [0.25, 0.3) is 0 Å². The number of phenols is 2. The molecular formula is C17H21NO2. The van der Waals surface area contributed by atoms with Crippen LogP contribution in [0, 0.1) is 0 Å². The number of benzene rings is 2. The van der Waals surface area contributed by atoms with Crippen LogP contribution in [0.15, 0.2) is 42.5 Å². The fraction of sp³-hybridized carbons (Fsp3) is 0.294. The van der Waals surface area contributed by atoms with Gasteiger partial charge in [-0.05, 0) is 34.7 Å². The summed E-state index contributed by atoms with van der Waals surface area (Å²) in [5.41, 5.74) is 3.52. The highest BCUT2D eigenvalue weighted by molar-refractivity contribution is 5.40. The average Bonchev–Trinajstić information content (AvgIpc) is 2.43. The fourth-order valence-electron chi connectivity index (χ4n) is 2.05. The Balaban J connectivity index is 1.87. The zero-order valence-electron chi connectivity index (χ0n) is 11.9. The lowest BCUT2D eigenvalue weighted by Gasteiger charge is -2.09. The van der Waals surface area contributed by atoms with Gasteiger partial charge in [-0.2, -0.15) is 0 Å². The Bertz CT molecular complexity index is 562. The van der Waals surface area contributed by atoms with Crippen LogP contribution in [-0.2, 0) is 13.1 Å². The molecule has 3 N–H and O–H groups in total. The van der Waals surface area contributed by atoms with Gasteiger partial charge in [0.15, 0.2) is 11.5 Å². The van der Waals surface area contributed by atoms with Crippen molar-refractivity contribution in [2.45, 2.75) is 32.9 Å². The Morgan fingerprint density at radius 3 is 2.05 bits per heavy atom. The topological polar surface area (TPSA) is 52.5 Å². The maximum atomic E-state index is 9.42. The second kappa shape index (κ2) is 6.44. The van der Waals surface area contributed by atoms with Gasteiger partial charge in [-0.1, -0.05) is 44.2 Å². The molecule has 0 atom stereocenters. The summed E-state index contributed by atoms with van der Waals surface area (Å²) in [5.74, 6) is 0.389. The summed E-state index contributed by atoms with van der Waals surface area (Å²) in [6.07, 6.45) is 0. The molecule has 0 aliphatic rings. The summed E-state index contributed by atoms with van der Waals surface area (Å²) in [4.78, 5) is 0. The first kappa shape index (κ1) is 14.4. The van der Waals surface area contributed by atoms with Crippen LogP contribution in [0.5, 0.6) is 11.5 Å². The van der Waals surface area contributed by atoms with E-state index in [1.807, 2.05) is 0 Å². The molecule has 0 fully saturated rings. The maximum absolute atomic E-state index is 9.42. The highest BCUT2D eigenvalue weighted by Crippen LogP contribution is 2.24. The van der Waals surface area contributed by atoms with Gasteiger partial charge in [0.2, 0.25) is 0 Å². The lowest BCUT2D eigenvalue weighted by atomic mass is 10.0. The van der Waals surface area contributed by atoms with Crippen molar-refractivity contribution < 1.29 is 10.2 Å². The standard InChI is InChI=1S/C17H21NO2/c1-12(2)15-6-3-13(4-7-15)10-18-11-14-5-8-16(19)17(20)9-14/h3-9,12,18-20H,10-11H2,1-2H3. The Kier molecular flexibility index (Phi) is 4.64. The molecule has 20 heavy (non-hydrogen) atoms. The van der Waals surface area contributed by atoms with Crippen molar-refractivity contribution in [3.05, 3.63) is 59.2 Å². The summed E-state index contributed by atoms with van der Waals surface area (Å²) in [5, 5.41) is 22.0. The highest BCUT2D eigenvalue weighted by atomic mass is 16.3. The lowest BCUT2D eigenvalue weighted by Crippen LogP contribution is -2.12. The van der Waals surface area contributed by atoms with Gasteiger partial charge < -0.3 is 15.5 Å². The van der Waals surface area contributed by atoms with Gasteiger partial charge in [0, 0.05) is 13.1 Å². The molecule has 0 unspecified atom stereocenters. The molecule has 0 bridgehead atoms. The van der Waals surface area contributed by atoms with Crippen LogP contribution in [0.1, 0.15) is 36.5 Å². The second-order valence-corrected chi connectivity index (χ2v) is 5.32. The number of nitrogens with one attached hydrogen (secondary N) is 1. The third kappa shape index (κ3) is 3.75. The molecule has 2 aromatic carbocycles. The van der Waals surface area contributed by atoms with E-state index < -0.39 is 0 Å². The molecule has 0 saturated carbocycles. The molecular weight excluding hydrogens is 250 g/mol. The van der Waals surface area contributed by atoms with Crippen LogP contribution >= 0.6 is 0 Å². The van der Waals surface area contributed by atoms with Gasteiger partial charge in [-0.15, -0.1) is 0 Å². The number of hydrogen-bond acceptors (Lipinski definition) is 3. The molecule has 0 amide bonds. The minimum atomic E-state index is -0.0852. The van der Waals surface area contributed by atoms with Gasteiger partial charge >= 0.3 is 0 Å². The predicted octanol–water partition coefficient (Wildman–Crippen LogP) is 3.51. The summed E-state index contributed by atoms with van der Waals surface area (Å²) in [6.45, 7) is 5.80. The first-order chi connectivity index (χ1) is 9.56. The second-order valence-electron chi connectivity index (χ2n) is 5.32. The van der Waals surface area contributed by atoms with Gasteiger partial charge in [0.25, 0.3) is 0 Å². The normalized spacial score (nSPS) is 10.9. The van der Waals surface area contributed by atoms with Gasteiger partial charge in [0.1, 0.15) is 0 Å². The first-order valence-corrected chi connectivity index (χ1v) is 6.86. The largest absolute Gasteiger partial charge is 0.504 e. The molecule has 0 radical (unpaired) electrons. The number of hydrogen-bond donors (Lipinski definition) is 3. The summed E-state index contributed by atoms with van der Waals surface area (Å²) in [7, 11) is 0. The fourth-order valence-corrected chi connectivity index (χ4v) is 2.05. The first-order valence-electron chi connectivity index (χ1n) is 6.86. The van der Waals surface area contributed by atoms with Gasteiger partial charge in [0.05, 0.1) is 0 Å². The quantitative estimate of drug-likeness (QED) is 0.729. The van der Waals surface area contributed by atoms with E-state index in [-0.39, 0.29) is 11.5 Å². The van der Waals surface area contributed by atoms with Gasteiger partial charge in [-0.3, -0.25) is 0 Å². The van der Waals surface area contributed by atoms with Crippen molar-refractivity contribution in [2.24, 2.45) is 0 Å². The maximum Gasteiger partial charge on any atom is 0.157 e. The van der Waals surface area contributed by atoms with E-state index >= 15 is 0 Å². The molecule has 2 aromatic rings. The lowest BCUT2D eigenvalue weighted by molar-refractivity contribution is 0.403. The molecule has 106 valence electrons. The van der Waals surface area contributed by atoms with Crippen molar-refractivity contribution in [1.29, 1.82) is 0 Å². The van der Waals surface area contributed by atoms with Crippen molar-refractivity contribution in [1.82, 2.24) is 5.32 Å². The molecule has 0 spiro atoms. The zero-order valence-corrected chi connectivity index (χ0v) is 11.9. The van der Waals surface area contributed by atoms with Crippen LogP contribution in [0.3, 0.4) is 0 Å². The van der Waals surface area contributed by atoms with E-state index in [9.17, 15) is 10.2 Å². The minimum Gasteiger partial charge on any atom is -0.504 e. The third-order valence-corrected chi connectivity index (χ3v) is 3.34. The molecule has 0 saturated heterocycles. The van der Waals surface area contributed by atoms with Crippen LogP contribution in [0.2, 0.25) is 0 Å². The van der Waals surface area contributed by atoms with E-state index in [1.165, 1.54) is 17.2 Å². The average molecular weight is 271 g/mol. The number of aromatic hydroxyl groups is 2. The smallest absolute Gasteiger partial charge is 0.157 e. The van der Waals surface area contributed by atoms with E-state index in [0.717, 1.165) is 12.1 Å². The van der Waals surface area contributed by atoms with E-state index in [1.54, 1.807) is 12.1 Å². The van der Waals surface area contributed by atoms with Crippen molar-refractivity contribution in [3.8, 4) is 11.5 Å². The molecule has 3 heteroatoms. The van der Waals surface area contributed by atoms with Crippen molar-refractivity contribution in [3.63, 3.8) is 0 Å². The molecule has 0 aliphatic heterocycles. The molecule has 0 heterocycles. The Morgan fingerprint density at radius 1 is 0.850 bits per heavy atom. The third-order valence-electron chi connectivity index (χ3n) is 3.34. The van der Waals surface area contributed by atoms with Crippen LogP contribution < -0.4 is 5.32 Å². The number of phenolic OH excluding ortho intramolecular Hbond substituents is 2. The van der Waals surface area contributed by atoms with Crippen molar-refractivity contribution in [2.75, 3.05) is 0 Å². The Hall–Kier alpha value is -2.00. The summed E-state index contributed by atoms with van der Waals surface area (Å²) in [6, 6.07) is 13.5. The Morgan fingerprint density at radius 2 is 1.45 bits per heavy atom. The highest BCUT2D eigenvalue weighted by Gasteiger charge is 2.01. The Labute approximate surface area is 119 Å². The molecule has 2 rings (SSSR count). The minimum absolute atomic E-state index is 0.0782. The van der Waals surface area contributed by atoms with Crippen LogP contribution in [-0.4, -0.2) is 10.2 Å². The summed E-state index contributed by atoms with van der Waals surface area (Å²) < 4.78 is 0. The predicted molar refractivity (Wildman–Crippen MR) is 80.8 cm³/mol. The van der Waals surface area contributed by atoms with Crippen molar-refractivity contribution >= 4 is 0 Å². The molecule has 0 aliphatic carbocycles. The van der Waals surface area contributed by atoms with E-state index in [2.05, 4.69) is 43.4 Å². The molecule has 0 aromatic heterocycles. The van der Waals surface area contributed by atoms with Gasteiger partial charge in [-0.25, -0.2) is 0 Å². The van der Waals surface area contributed by atoms with Crippen LogP contribution in [0.4, 0.5) is 0 Å². The van der Waals surface area contributed by atoms with E-state index in [4.69, 9.17) is 0 Å². The number of rotatable bonds is 5. The zero-order chi connectivity index (χ0) is 14.5. The molecule has 3 nitrogen and oxygen atoms in total. The SMILES string of the molecule is CC(C)c1ccc(CNCc2ccc(O)c(O)c2)cc1.